The summed E-state index contributed by atoms with van der Waals surface area (Å²) in [6, 6.07) is 15.2. The maximum Gasteiger partial charge on any atom is 0.262 e. The number of rotatable bonds is 7. The summed E-state index contributed by atoms with van der Waals surface area (Å²) in [5, 5.41) is 1.29. The Kier molecular flexibility index (Phi) is 7.18. The van der Waals surface area contributed by atoms with Crippen molar-refractivity contribution < 1.29 is 4.79 Å². The first-order chi connectivity index (χ1) is 16.0. The third-order valence-corrected chi connectivity index (χ3v) is 6.48. The molecule has 0 N–H and O–H groups in total. The number of carbonyl (C=O) groups is 1. The zero-order valence-electron chi connectivity index (χ0n) is 19.2. The molecule has 1 aromatic heterocycles. The van der Waals surface area contributed by atoms with Gasteiger partial charge in [-0.1, -0.05) is 29.8 Å². The largest absolute Gasteiger partial charge is 0.368 e. The van der Waals surface area contributed by atoms with Crippen LogP contribution in [0.4, 0.5) is 11.6 Å². The van der Waals surface area contributed by atoms with Gasteiger partial charge in [-0.3, -0.25) is 14.2 Å². The molecule has 2 aromatic carbocycles. The fraction of sp³-hybridized carbons (Fsp3) is 0.400. The van der Waals surface area contributed by atoms with E-state index < -0.39 is 0 Å². The summed E-state index contributed by atoms with van der Waals surface area (Å²) in [5.74, 6) is 0.688. The molecule has 0 saturated carbocycles. The molecule has 33 heavy (non-hydrogen) atoms. The van der Waals surface area contributed by atoms with Gasteiger partial charge in [0.05, 0.1) is 10.9 Å². The van der Waals surface area contributed by atoms with E-state index in [0.717, 1.165) is 31.9 Å². The lowest BCUT2D eigenvalue weighted by molar-refractivity contribution is -0.131. The zero-order valence-corrected chi connectivity index (χ0v) is 20.0. The molecule has 0 bridgehead atoms. The quantitative estimate of drug-likeness (QED) is 0.531. The van der Waals surface area contributed by atoms with Crippen molar-refractivity contribution in [3.63, 3.8) is 0 Å². The number of piperazine rings is 1. The van der Waals surface area contributed by atoms with Crippen molar-refractivity contribution in [2.75, 3.05) is 49.1 Å². The number of nitrogens with zero attached hydrogens (tertiary/aromatic N) is 5. The normalized spacial score (nSPS) is 14.0. The van der Waals surface area contributed by atoms with Crippen LogP contribution in [0.5, 0.6) is 0 Å². The molecule has 4 rings (SSSR count). The van der Waals surface area contributed by atoms with Gasteiger partial charge in [0.2, 0.25) is 11.9 Å². The molecular weight excluding hydrogens is 438 g/mol. The van der Waals surface area contributed by atoms with E-state index in [1.54, 1.807) is 10.6 Å². The monoisotopic (exact) mass is 467 g/mol. The number of fused-ring (bicyclic) bond motifs is 1. The molecule has 1 amide bonds. The van der Waals surface area contributed by atoms with Crippen LogP contribution in [0.3, 0.4) is 0 Å². The van der Waals surface area contributed by atoms with Crippen molar-refractivity contribution in [1.82, 2.24) is 14.5 Å². The summed E-state index contributed by atoms with van der Waals surface area (Å²) in [4.78, 5) is 37.2. The zero-order chi connectivity index (χ0) is 23.4. The smallest absolute Gasteiger partial charge is 0.262 e. The molecule has 2 heterocycles. The number of para-hydroxylation sites is 1. The molecule has 1 aliphatic rings. The van der Waals surface area contributed by atoms with Gasteiger partial charge < -0.3 is 14.7 Å². The maximum absolute atomic E-state index is 13.3. The Hall–Kier alpha value is -3.06. The Morgan fingerprint density at radius 3 is 2.45 bits per heavy atom. The highest BCUT2D eigenvalue weighted by molar-refractivity contribution is 6.30. The highest BCUT2D eigenvalue weighted by atomic mass is 35.5. The lowest BCUT2D eigenvalue weighted by atomic mass is 10.2. The summed E-state index contributed by atoms with van der Waals surface area (Å²) in [6.07, 6.45) is 0.269. The number of hydrogen-bond acceptors (Lipinski definition) is 5. The molecule has 0 aliphatic carbocycles. The van der Waals surface area contributed by atoms with E-state index in [1.165, 1.54) is 0 Å². The number of halogens is 1. The molecule has 0 radical (unpaired) electrons. The van der Waals surface area contributed by atoms with Gasteiger partial charge in [-0.2, -0.15) is 0 Å². The number of hydrogen-bond donors (Lipinski definition) is 0. The van der Waals surface area contributed by atoms with E-state index in [4.69, 9.17) is 16.6 Å². The molecule has 0 spiro atoms. The first kappa shape index (κ1) is 23.1. The summed E-state index contributed by atoms with van der Waals surface area (Å²) in [7, 11) is 0. The van der Waals surface area contributed by atoms with Crippen LogP contribution in [-0.4, -0.2) is 59.6 Å². The second kappa shape index (κ2) is 10.3. The topological polar surface area (TPSA) is 61.7 Å². The van der Waals surface area contributed by atoms with E-state index in [1.807, 2.05) is 61.2 Å². The summed E-state index contributed by atoms with van der Waals surface area (Å²) < 4.78 is 1.66. The van der Waals surface area contributed by atoms with Crippen LogP contribution in [0.15, 0.2) is 53.3 Å². The SMILES string of the molecule is CCN(CC)c1nc2ccccc2c(=O)n1CCC(=O)N1CCN(c2cccc(Cl)c2)CC1. The predicted molar refractivity (Wildman–Crippen MR) is 134 cm³/mol. The average molecular weight is 468 g/mol. The summed E-state index contributed by atoms with van der Waals surface area (Å²) in [5.41, 5.74) is 1.66. The van der Waals surface area contributed by atoms with Gasteiger partial charge in [0.15, 0.2) is 0 Å². The van der Waals surface area contributed by atoms with Crippen LogP contribution < -0.4 is 15.4 Å². The molecule has 1 fully saturated rings. The number of aromatic nitrogens is 2. The Morgan fingerprint density at radius 1 is 1.03 bits per heavy atom. The van der Waals surface area contributed by atoms with Crippen LogP contribution in [0, 0.1) is 0 Å². The molecule has 0 unspecified atom stereocenters. The molecule has 1 saturated heterocycles. The fourth-order valence-electron chi connectivity index (χ4n) is 4.36. The standard InChI is InChI=1S/C25H30ClN5O2/c1-3-28(4-2)25-27-22-11-6-5-10-21(22)24(33)31(25)13-12-23(32)30-16-14-29(15-17-30)20-9-7-8-19(26)18-20/h5-11,18H,3-4,12-17H2,1-2H3. The number of amides is 1. The van der Waals surface area contributed by atoms with Crippen molar-refractivity contribution in [3.05, 3.63) is 63.9 Å². The van der Waals surface area contributed by atoms with Crippen molar-refractivity contribution in [3.8, 4) is 0 Å². The lowest BCUT2D eigenvalue weighted by Crippen LogP contribution is -2.49. The second-order valence-electron chi connectivity index (χ2n) is 8.16. The van der Waals surface area contributed by atoms with Crippen LogP contribution in [0.1, 0.15) is 20.3 Å². The number of benzene rings is 2. The minimum Gasteiger partial charge on any atom is -0.368 e. The van der Waals surface area contributed by atoms with Gasteiger partial charge in [0, 0.05) is 62.9 Å². The average Bonchev–Trinajstić information content (AvgIpc) is 2.84. The Balaban J connectivity index is 1.47. The van der Waals surface area contributed by atoms with Crippen molar-refractivity contribution in [2.45, 2.75) is 26.8 Å². The first-order valence-electron chi connectivity index (χ1n) is 11.5. The van der Waals surface area contributed by atoms with Gasteiger partial charge in [-0.05, 0) is 44.2 Å². The first-order valence-corrected chi connectivity index (χ1v) is 11.9. The third-order valence-electron chi connectivity index (χ3n) is 6.24. The van der Waals surface area contributed by atoms with E-state index in [0.29, 0.717) is 41.5 Å². The highest BCUT2D eigenvalue weighted by Crippen LogP contribution is 2.21. The van der Waals surface area contributed by atoms with Crippen molar-refractivity contribution in [1.29, 1.82) is 0 Å². The highest BCUT2D eigenvalue weighted by Gasteiger charge is 2.22. The van der Waals surface area contributed by atoms with Gasteiger partial charge in [-0.15, -0.1) is 0 Å². The Morgan fingerprint density at radius 2 is 1.76 bits per heavy atom. The molecule has 1 aliphatic heterocycles. The van der Waals surface area contributed by atoms with Gasteiger partial charge in [-0.25, -0.2) is 4.98 Å². The van der Waals surface area contributed by atoms with Crippen LogP contribution in [-0.2, 0) is 11.3 Å². The van der Waals surface area contributed by atoms with Crippen LogP contribution in [0.25, 0.3) is 10.9 Å². The minimum absolute atomic E-state index is 0.0614. The molecule has 0 atom stereocenters. The van der Waals surface area contributed by atoms with Crippen molar-refractivity contribution >= 4 is 40.0 Å². The summed E-state index contributed by atoms with van der Waals surface area (Å²) in [6.45, 7) is 8.69. The van der Waals surface area contributed by atoms with Gasteiger partial charge in [0.25, 0.3) is 5.56 Å². The fourth-order valence-corrected chi connectivity index (χ4v) is 4.54. The van der Waals surface area contributed by atoms with Crippen molar-refractivity contribution in [2.24, 2.45) is 0 Å². The molecule has 3 aromatic rings. The van der Waals surface area contributed by atoms with Gasteiger partial charge >= 0.3 is 0 Å². The van der Waals surface area contributed by atoms with E-state index in [-0.39, 0.29) is 17.9 Å². The maximum atomic E-state index is 13.3. The number of carbonyl (C=O) groups excluding carboxylic acids is 1. The summed E-state index contributed by atoms with van der Waals surface area (Å²) >= 11 is 6.12. The Labute approximate surface area is 199 Å². The van der Waals surface area contributed by atoms with Crippen LogP contribution in [0.2, 0.25) is 5.02 Å². The van der Waals surface area contributed by atoms with E-state index in [2.05, 4.69) is 9.80 Å². The predicted octanol–water partition coefficient (Wildman–Crippen LogP) is 3.64. The lowest BCUT2D eigenvalue weighted by Gasteiger charge is -2.36. The Bertz CT molecular complexity index is 1180. The minimum atomic E-state index is -0.0962. The molecule has 174 valence electrons. The molecule has 8 heteroatoms. The molecular formula is C25H30ClN5O2. The van der Waals surface area contributed by atoms with E-state index in [9.17, 15) is 9.59 Å². The van der Waals surface area contributed by atoms with E-state index >= 15 is 0 Å². The second-order valence-corrected chi connectivity index (χ2v) is 8.59. The number of anilines is 2. The van der Waals surface area contributed by atoms with Gasteiger partial charge in [0.1, 0.15) is 0 Å². The van der Waals surface area contributed by atoms with Crippen LogP contribution >= 0.6 is 11.6 Å². The molecule has 7 nitrogen and oxygen atoms in total. The third kappa shape index (κ3) is 4.98.